The predicted octanol–water partition coefficient (Wildman–Crippen LogP) is 3.47. The summed E-state index contributed by atoms with van der Waals surface area (Å²) in [7, 11) is 0. The van der Waals surface area contributed by atoms with Crippen molar-refractivity contribution in [3.05, 3.63) is 64.5 Å². The third kappa shape index (κ3) is 2.10. The highest BCUT2D eigenvalue weighted by atomic mass is 16.4. The van der Waals surface area contributed by atoms with Gasteiger partial charge in [-0.1, -0.05) is 24.3 Å². The van der Waals surface area contributed by atoms with Crippen LogP contribution in [0.4, 0.5) is 0 Å². The van der Waals surface area contributed by atoms with Crippen LogP contribution in [0.15, 0.2) is 57.7 Å². The topological polar surface area (TPSA) is 50.4 Å². The number of aryl methyl sites for hydroxylation is 1. The van der Waals surface area contributed by atoms with Gasteiger partial charge in [0.25, 0.3) is 0 Å². The number of aromatic hydroxyl groups is 1. The Kier molecular flexibility index (Phi) is 2.60. The number of fused-ring (bicyclic) bond motifs is 1. The lowest BCUT2D eigenvalue weighted by atomic mass is 10.1. The lowest BCUT2D eigenvalue weighted by Gasteiger charge is -2.03. The third-order valence-electron chi connectivity index (χ3n) is 3.07. The zero-order chi connectivity index (χ0) is 13.4. The van der Waals surface area contributed by atoms with E-state index in [9.17, 15) is 9.90 Å². The standard InChI is InChI=1S/C16H12O3/c1-10-2-3-12-9-14(16(18)19-15(12)8-10)11-4-6-13(17)7-5-11/h2-9,17H,1H3. The van der Waals surface area contributed by atoms with Gasteiger partial charge < -0.3 is 9.52 Å². The number of phenolic OH excluding ortho intramolecular Hbond substituents is 1. The second-order valence-electron chi connectivity index (χ2n) is 4.54. The average molecular weight is 252 g/mol. The highest BCUT2D eigenvalue weighted by Gasteiger charge is 2.07. The fourth-order valence-electron chi connectivity index (χ4n) is 2.06. The Morgan fingerprint density at radius 3 is 2.47 bits per heavy atom. The maximum absolute atomic E-state index is 12.0. The molecule has 3 rings (SSSR count). The Morgan fingerprint density at radius 2 is 1.74 bits per heavy atom. The first-order valence-electron chi connectivity index (χ1n) is 5.97. The smallest absolute Gasteiger partial charge is 0.344 e. The van der Waals surface area contributed by atoms with Gasteiger partial charge in [0.1, 0.15) is 11.3 Å². The molecular weight excluding hydrogens is 240 g/mol. The molecule has 0 aliphatic heterocycles. The van der Waals surface area contributed by atoms with Crippen molar-refractivity contribution in [2.24, 2.45) is 0 Å². The number of hydrogen-bond acceptors (Lipinski definition) is 3. The molecule has 3 nitrogen and oxygen atoms in total. The van der Waals surface area contributed by atoms with Crippen molar-refractivity contribution in [3.63, 3.8) is 0 Å². The van der Waals surface area contributed by atoms with Crippen LogP contribution in [0.2, 0.25) is 0 Å². The molecule has 0 unspecified atom stereocenters. The van der Waals surface area contributed by atoms with E-state index in [-0.39, 0.29) is 11.4 Å². The maximum Gasteiger partial charge on any atom is 0.344 e. The summed E-state index contributed by atoms with van der Waals surface area (Å²) in [5.41, 5.74) is 2.50. The second-order valence-corrected chi connectivity index (χ2v) is 4.54. The van der Waals surface area contributed by atoms with Gasteiger partial charge in [0.2, 0.25) is 0 Å². The van der Waals surface area contributed by atoms with Crippen LogP contribution in [-0.2, 0) is 0 Å². The molecule has 0 saturated carbocycles. The summed E-state index contributed by atoms with van der Waals surface area (Å²) in [5, 5.41) is 10.2. The Hall–Kier alpha value is -2.55. The molecule has 1 N–H and O–H groups in total. The van der Waals surface area contributed by atoms with Crippen LogP contribution >= 0.6 is 0 Å². The summed E-state index contributed by atoms with van der Waals surface area (Å²) in [5.74, 6) is 0.171. The summed E-state index contributed by atoms with van der Waals surface area (Å²) >= 11 is 0. The molecular formula is C16H12O3. The maximum atomic E-state index is 12.0. The van der Waals surface area contributed by atoms with E-state index in [0.29, 0.717) is 11.1 Å². The van der Waals surface area contributed by atoms with E-state index >= 15 is 0 Å². The second kappa shape index (κ2) is 4.28. The molecule has 0 bridgehead atoms. The highest BCUT2D eigenvalue weighted by Crippen LogP contribution is 2.23. The van der Waals surface area contributed by atoms with E-state index in [1.54, 1.807) is 24.3 Å². The molecule has 0 atom stereocenters. The van der Waals surface area contributed by atoms with E-state index in [4.69, 9.17) is 4.42 Å². The molecule has 2 aromatic carbocycles. The lowest BCUT2D eigenvalue weighted by molar-refractivity contribution is 0.475. The molecule has 0 fully saturated rings. The Bertz CT molecular complexity index is 798. The van der Waals surface area contributed by atoms with E-state index in [2.05, 4.69) is 0 Å². The minimum absolute atomic E-state index is 0.171. The lowest BCUT2D eigenvalue weighted by Crippen LogP contribution is -2.02. The molecule has 0 radical (unpaired) electrons. The Morgan fingerprint density at radius 1 is 1.00 bits per heavy atom. The van der Waals surface area contributed by atoms with Crippen molar-refractivity contribution in [2.75, 3.05) is 0 Å². The van der Waals surface area contributed by atoms with Crippen LogP contribution in [-0.4, -0.2) is 5.11 Å². The van der Waals surface area contributed by atoms with Crippen molar-refractivity contribution in [1.29, 1.82) is 0 Å². The fraction of sp³-hybridized carbons (Fsp3) is 0.0625. The summed E-state index contributed by atoms with van der Waals surface area (Å²) < 4.78 is 5.34. The van der Waals surface area contributed by atoms with Gasteiger partial charge in [0.05, 0.1) is 5.56 Å². The van der Waals surface area contributed by atoms with Gasteiger partial charge in [-0.3, -0.25) is 0 Å². The normalized spacial score (nSPS) is 10.8. The van der Waals surface area contributed by atoms with Gasteiger partial charge in [-0.15, -0.1) is 0 Å². The molecule has 3 aromatic rings. The molecule has 0 aliphatic rings. The number of benzene rings is 2. The highest BCUT2D eigenvalue weighted by molar-refractivity contribution is 5.82. The zero-order valence-electron chi connectivity index (χ0n) is 10.4. The zero-order valence-corrected chi connectivity index (χ0v) is 10.4. The van der Waals surface area contributed by atoms with Crippen molar-refractivity contribution >= 4 is 11.0 Å². The van der Waals surface area contributed by atoms with Crippen LogP contribution in [0, 0.1) is 6.92 Å². The molecule has 0 amide bonds. The van der Waals surface area contributed by atoms with Crippen LogP contribution in [0.1, 0.15) is 5.56 Å². The largest absolute Gasteiger partial charge is 0.508 e. The van der Waals surface area contributed by atoms with Gasteiger partial charge in [-0.2, -0.15) is 0 Å². The predicted molar refractivity (Wildman–Crippen MR) is 74.3 cm³/mol. The molecule has 1 aromatic heterocycles. The first kappa shape index (κ1) is 11.5. The molecule has 1 heterocycles. The number of rotatable bonds is 1. The SMILES string of the molecule is Cc1ccc2cc(-c3ccc(O)cc3)c(=O)oc2c1. The molecule has 94 valence electrons. The monoisotopic (exact) mass is 252 g/mol. The Labute approximate surface area is 109 Å². The van der Waals surface area contributed by atoms with E-state index in [1.165, 1.54) is 0 Å². The van der Waals surface area contributed by atoms with Gasteiger partial charge >= 0.3 is 5.63 Å². The summed E-state index contributed by atoms with van der Waals surface area (Å²) in [6.07, 6.45) is 0. The fourth-order valence-corrected chi connectivity index (χ4v) is 2.06. The van der Waals surface area contributed by atoms with E-state index in [0.717, 1.165) is 16.5 Å². The summed E-state index contributed by atoms with van der Waals surface area (Å²) in [6.45, 7) is 1.95. The molecule has 19 heavy (non-hydrogen) atoms. The van der Waals surface area contributed by atoms with Crippen LogP contribution in [0.25, 0.3) is 22.1 Å². The van der Waals surface area contributed by atoms with Crippen molar-refractivity contribution < 1.29 is 9.52 Å². The van der Waals surface area contributed by atoms with Gasteiger partial charge in [-0.05, 0) is 42.3 Å². The first-order chi connectivity index (χ1) is 9.13. The molecule has 0 aliphatic carbocycles. The van der Waals surface area contributed by atoms with Crippen LogP contribution in [0.5, 0.6) is 5.75 Å². The van der Waals surface area contributed by atoms with Gasteiger partial charge in [-0.25, -0.2) is 4.79 Å². The average Bonchev–Trinajstić information content (AvgIpc) is 2.39. The van der Waals surface area contributed by atoms with Crippen molar-refractivity contribution in [1.82, 2.24) is 0 Å². The van der Waals surface area contributed by atoms with Crippen LogP contribution < -0.4 is 5.63 Å². The minimum atomic E-state index is -0.371. The molecule has 3 heteroatoms. The first-order valence-corrected chi connectivity index (χ1v) is 5.97. The van der Waals surface area contributed by atoms with E-state index in [1.807, 2.05) is 31.2 Å². The minimum Gasteiger partial charge on any atom is -0.508 e. The van der Waals surface area contributed by atoms with Crippen molar-refractivity contribution in [2.45, 2.75) is 6.92 Å². The van der Waals surface area contributed by atoms with Gasteiger partial charge in [0, 0.05) is 5.39 Å². The van der Waals surface area contributed by atoms with Crippen molar-refractivity contribution in [3.8, 4) is 16.9 Å². The quantitative estimate of drug-likeness (QED) is 0.674. The third-order valence-corrected chi connectivity index (χ3v) is 3.07. The molecule has 0 saturated heterocycles. The van der Waals surface area contributed by atoms with E-state index < -0.39 is 0 Å². The molecule has 0 spiro atoms. The Balaban J connectivity index is 2.24. The van der Waals surface area contributed by atoms with Gasteiger partial charge in [0.15, 0.2) is 0 Å². The number of hydrogen-bond donors (Lipinski definition) is 1. The van der Waals surface area contributed by atoms with Crippen LogP contribution in [0.3, 0.4) is 0 Å². The summed E-state index contributed by atoms with van der Waals surface area (Å²) in [6, 6.07) is 14.1. The summed E-state index contributed by atoms with van der Waals surface area (Å²) in [4.78, 5) is 12.0. The number of phenols is 1.